The predicted octanol–water partition coefficient (Wildman–Crippen LogP) is 3.08. The molecule has 2 N–H and O–H groups in total. The third-order valence-electron chi connectivity index (χ3n) is 4.18. The number of nitrogens with one attached hydrogen (secondary N) is 2. The molecular formula is C18H25F3N6. The summed E-state index contributed by atoms with van der Waals surface area (Å²) in [5.41, 5.74) is 0.0611. The van der Waals surface area contributed by atoms with Crippen molar-refractivity contribution in [2.24, 2.45) is 12.0 Å². The summed E-state index contributed by atoms with van der Waals surface area (Å²) in [7, 11) is 1.80. The summed E-state index contributed by atoms with van der Waals surface area (Å²) < 4.78 is 40.2. The minimum absolute atomic E-state index is 0.0126. The van der Waals surface area contributed by atoms with Crippen molar-refractivity contribution in [1.29, 1.82) is 0 Å². The molecule has 0 fully saturated rings. The molecule has 0 bridgehead atoms. The van der Waals surface area contributed by atoms with E-state index in [1.165, 1.54) is 18.5 Å². The van der Waals surface area contributed by atoms with Gasteiger partial charge in [-0.2, -0.15) is 18.3 Å². The molecule has 0 spiro atoms. The Morgan fingerprint density at radius 1 is 1.30 bits per heavy atom. The average Bonchev–Trinajstić information content (AvgIpc) is 3.04. The summed E-state index contributed by atoms with van der Waals surface area (Å²) in [6.07, 6.45) is -2.17. The second-order valence-electron chi connectivity index (χ2n) is 6.23. The van der Waals surface area contributed by atoms with E-state index in [0.717, 1.165) is 11.9 Å². The van der Waals surface area contributed by atoms with Crippen molar-refractivity contribution in [3.8, 4) is 0 Å². The lowest BCUT2D eigenvalue weighted by Crippen LogP contribution is -2.38. The van der Waals surface area contributed by atoms with E-state index in [9.17, 15) is 13.2 Å². The van der Waals surface area contributed by atoms with Crippen LogP contribution in [0.4, 0.5) is 13.2 Å². The van der Waals surface area contributed by atoms with Crippen molar-refractivity contribution in [2.45, 2.75) is 38.9 Å². The highest BCUT2D eigenvalue weighted by Crippen LogP contribution is 2.31. The fourth-order valence-corrected chi connectivity index (χ4v) is 2.55. The van der Waals surface area contributed by atoms with Crippen molar-refractivity contribution in [3.05, 3.63) is 47.5 Å². The molecule has 6 nitrogen and oxygen atoms in total. The molecule has 2 rings (SSSR count). The van der Waals surface area contributed by atoms with E-state index in [0.29, 0.717) is 37.6 Å². The van der Waals surface area contributed by atoms with E-state index in [1.807, 2.05) is 13.8 Å². The number of hydrogen-bond acceptors (Lipinski definition) is 3. The lowest BCUT2D eigenvalue weighted by atomic mass is 9.96. The van der Waals surface area contributed by atoms with Gasteiger partial charge in [-0.05, 0) is 30.9 Å². The maximum Gasteiger partial charge on any atom is 0.416 e. The van der Waals surface area contributed by atoms with Crippen LogP contribution in [-0.4, -0.2) is 33.8 Å². The van der Waals surface area contributed by atoms with Gasteiger partial charge in [0.25, 0.3) is 0 Å². The Morgan fingerprint density at radius 3 is 2.70 bits per heavy atom. The Kier molecular flexibility index (Phi) is 7.20. The van der Waals surface area contributed by atoms with Crippen molar-refractivity contribution in [1.82, 2.24) is 25.4 Å². The van der Waals surface area contributed by atoms with Gasteiger partial charge >= 0.3 is 6.18 Å². The Bertz CT molecular complexity index is 754. The van der Waals surface area contributed by atoms with Crippen LogP contribution in [0.2, 0.25) is 0 Å². The third-order valence-corrected chi connectivity index (χ3v) is 4.18. The molecule has 148 valence electrons. The first-order valence-electron chi connectivity index (χ1n) is 8.83. The van der Waals surface area contributed by atoms with E-state index in [4.69, 9.17) is 0 Å². The SMILES string of the molecule is CCNC(=NCc1ncnn1C)NCCC(C)c1cccc(C(F)(F)F)c1. The molecule has 0 aliphatic heterocycles. The van der Waals surface area contributed by atoms with Crippen LogP contribution >= 0.6 is 0 Å². The highest BCUT2D eigenvalue weighted by Gasteiger charge is 2.30. The number of aliphatic imine (C=N–C) groups is 1. The van der Waals surface area contributed by atoms with Gasteiger partial charge in [0.2, 0.25) is 0 Å². The Balaban J connectivity index is 1.91. The molecule has 0 saturated heterocycles. The van der Waals surface area contributed by atoms with Gasteiger partial charge in [-0.3, -0.25) is 4.68 Å². The highest BCUT2D eigenvalue weighted by atomic mass is 19.4. The van der Waals surface area contributed by atoms with Crippen LogP contribution in [0.15, 0.2) is 35.6 Å². The quantitative estimate of drug-likeness (QED) is 0.571. The minimum atomic E-state index is -4.32. The molecule has 1 atom stereocenters. The van der Waals surface area contributed by atoms with E-state index < -0.39 is 11.7 Å². The minimum Gasteiger partial charge on any atom is -0.357 e. The third kappa shape index (κ3) is 6.26. The first-order chi connectivity index (χ1) is 12.8. The molecular weight excluding hydrogens is 357 g/mol. The van der Waals surface area contributed by atoms with Crippen LogP contribution in [0.1, 0.15) is 43.1 Å². The predicted molar refractivity (Wildman–Crippen MR) is 98.3 cm³/mol. The van der Waals surface area contributed by atoms with Crippen LogP contribution in [0, 0.1) is 0 Å². The van der Waals surface area contributed by atoms with Gasteiger partial charge < -0.3 is 10.6 Å². The second-order valence-corrected chi connectivity index (χ2v) is 6.23. The van der Waals surface area contributed by atoms with Gasteiger partial charge in [-0.15, -0.1) is 0 Å². The second kappa shape index (κ2) is 9.38. The lowest BCUT2D eigenvalue weighted by molar-refractivity contribution is -0.137. The van der Waals surface area contributed by atoms with Crippen LogP contribution in [0.5, 0.6) is 0 Å². The normalized spacial score (nSPS) is 13.5. The molecule has 0 aliphatic carbocycles. The monoisotopic (exact) mass is 382 g/mol. The molecule has 0 radical (unpaired) electrons. The van der Waals surface area contributed by atoms with Gasteiger partial charge in [0.05, 0.1) is 5.56 Å². The molecule has 1 heterocycles. The maximum absolute atomic E-state index is 12.9. The first kappa shape index (κ1) is 20.7. The van der Waals surface area contributed by atoms with Gasteiger partial charge in [-0.1, -0.05) is 25.1 Å². The summed E-state index contributed by atoms with van der Waals surface area (Å²) in [6.45, 7) is 5.55. The van der Waals surface area contributed by atoms with E-state index in [-0.39, 0.29) is 5.92 Å². The molecule has 2 aromatic rings. The van der Waals surface area contributed by atoms with E-state index >= 15 is 0 Å². The Hall–Kier alpha value is -2.58. The fourth-order valence-electron chi connectivity index (χ4n) is 2.55. The zero-order valence-corrected chi connectivity index (χ0v) is 15.7. The molecule has 1 unspecified atom stereocenters. The van der Waals surface area contributed by atoms with Crippen LogP contribution in [0.25, 0.3) is 0 Å². The lowest BCUT2D eigenvalue weighted by Gasteiger charge is -2.16. The first-order valence-corrected chi connectivity index (χ1v) is 8.83. The average molecular weight is 382 g/mol. The number of aryl methyl sites for hydroxylation is 1. The van der Waals surface area contributed by atoms with Crippen molar-refractivity contribution >= 4 is 5.96 Å². The number of guanidine groups is 1. The Labute approximate surface area is 156 Å². The summed E-state index contributed by atoms with van der Waals surface area (Å²) in [4.78, 5) is 8.58. The van der Waals surface area contributed by atoms with Crippen molar-refractivity contribution in [2.75, 3.05) is 13.1 Å². The van der Waals surface area contributed by atoms with Gasteiger partial charge in [0, 0.05) is 20.1 Å². The summed E-state index contributed by atoms with van der Waals surface area (Å²) in [5, 5.41) is 10.3. The number of nitrogens with zero attached hydrogens (tertiary/aromatic N) is 4. The number of hydrogen-bond donors (Lipinski definition) is 2. The van der Waals surface area contributed by atoms with Crippen LogP contribution in [-0.2, 0) is 19.8 Å². The fraction of sp³-hybridized carbons (Fsp3) is 0.500. The maximum atomic E-state index is 12.9. The standard InChI is InChI=1S/C18H25F3N6/c1-4-22-17(24-11-16-25-12-26-27(16)3)23-9-8-13(2)14-6-5-7-15(10-14)18(19,20)21/h5-7,10,12-13H,4,8-9,11H2,1-3H3,(H2,22,23,24). The van der Waals surface area contributed by atoms with Gasteiger partial charge in [0.1, 0.15) is 18.7 Å². The van der Waals surface area contributed by atoms with Crippen LogP contribution in [0.3, 0.4) is 0 Å². The van der Waals surface area contributed by atoms with Gasteiger partial charge in [-0.25, -0.2) is 9.98 Å². The molecule has 9 heteroatoms. The molecule has 27 heavy (non-hydrogen) atoms. The summed E-state index contributed by atoms with van der Waals surface area (Å²) >= 11 is 0. The number of rotatable bonds is 7. The molecule has 1 aromatic carbocycles. The summed E-state index contributed by atoms with van der Waals surface area (Å²) in [6, 6.07) is 5.50. The van der Waals surface area contributed by atoms with Gasteiger partial charge in [0.15, 0.2) is 5.96 Å². The zero-order chi connectivity index (χ0) is 19.9. The number of aromatic nitrogens is 3. The molecule has 1 aromatic heterocycles. The number of alkyl halides is 3. The number of benzene rings is 1. The highest BCUT2D eigenvalue weighted by molar-refractivity contribution is 5.79. The topological polar surface area (TPSA) is 67.1 Å². The van der Waals surface area contributed by atoms with Crippen molar-refractivity contribution in [3.63, 3.8) is 0 Å². The zero-order valence-electron chi connectivity index (χ0n) is 15.7. The van der Waals surface area contributed by atoms with Crippen molar-refractivity contribution < 1.29 is 13.2 Å². The number of halogens is 3. The molecule has 0 aliphatic rings. The Morgan fingerprint density at radius 2 is 2.07 bits per heavy atom. The summed E-state index contributed by atoms with van der Waals surface area (Å²) in [5.74, 6) is 1.36. The smallest absolute Gasteiger partial charge is 0.357 e. The molecule has 0 amide bonds. The van der Waals surface area contributed by atoms with E-state index in [2.05, 4.69) is 25.7 Å². The van der Waals surface area contributed by atoms with E-state index in [1.54, 1.807) is 17.8 Å². The van der Waals surface area contributed by atoms with Crippen LogP contribution < -0.4 is 10.6 Å². The molecule has 0 saturated carbocycles. The largest absolute Gasteiger partial charge is 0.416 e.